The molecular formula is C14H12O4S. The molecule has 0 bridgehead atoms. The quantitative estimate of drug-likeness (QED) is 0.929. The number of aliphatic carboxylic acids is 1. The number of benzene rings is 2. The largest absolute Gasteiger partial charge is 0.480 e. The van der Waals surface area contributed by atoms with Crippen LogP contribution in [0.15, 0.2) is 59.5 Å². The van der Waals surface area contributed by atoms with E-state index in [9.17, 15) is 13.2 Å². The van der Waals surface area contributed by atoms with Gasteiger partial charge in [0, 0.05) is 0 Å². The molecule has 1 N–H and O–H groups in total. The van der Waals surface area contributed by atoms with Crippen LogP contribution in [-0.4, -0.2) is 25.2 Å². The Morgan fingerprint density at radius 1 is 0.895 bits per heavy atom. The van der Waals surface area contributed by atoms with E-state index in [0.717, 1.165) is 11.1 Å². The maximum atomic E-state index is 11.7. The standard InChI is InChI=1S/C14H12O4S/c15-14(16)10-19(17,18)13-8-6-12(7-9-13)11-4-2-1-3-5-11/h1-9H,10H2,(H,15,16). The van der Waals surface area contributed by atoms with Gasteiger partial charge in [0.05, 0.1) is 4.90 Å². The second-order valence-corrected chi connectivity index (χ2v) is 6.03. The fourth-order valence-corrected chi connectivity index (χ4v) is 2.77. The van der Waals surface area contributed by atoms with Crippen molar-refractivity contribution < 1.29 is 18.3 Å². The topological polar surface area (TPSA) is 71.4 Å². The SMILES string of the molecule is O=C(O)CS(=O)(=O)c1ccc(-c2ccccc2)cc1. The van der Waals surface area contributed by atoms with Crippen LogP contribution in [-0.2, 0) is 14.6 Å². The van der Waals surface area contributed by atoms with Gasteiger partial charge in [-0.25, -0.2) is 8.42 Å². The van der Waals surface area contributed by atoms with Crippen molar-refractivity contribution in [3.63, 3.8) is 0 Å². The molecule has 0 aromatic heterocycles. The molecular weight excluding hydrogens is 264 g/mol. The third-order valence-electron chi connectivity index (χ3n) is 2.63. The average Bonchev–Trinajstić information content (AvgIpc) is 2.38. The maximum Gasteiger partial charge on any atom is 0.319 e. The minimum absolute atomic E-state index is 0.0228. The van der Waals surface area contributed by atoms with Gasteiger partial charge >= 0.3 is 5.97 Å². The lowest BCUT2D eigenvalue weighted by Crippen LogP contribution is -2.15. The molecule has 5 heteroatoms. The number of rotatable bonds is 4. The summed E-state index contributed by atoms with van der Waals surface area (Å²) in [5, 5.41) is 8.56. The van der Waals surface area contributed by atoms with Crippen molar-refractivity contribution in [2.24, 2.45) is 0 Å². The Bertz CT molecular complexity index is 673. The molecule has 0 unspecified atom stereocenters. The Kier molecular flexibility index (Phi) is 3.66. The first kappa shape index (κ1) is 13.3. The molecule has 2 rings (SSSR count). The molecule has 0 saturated carbocycles. The minimum atomic E-state index is -3.76. The highest BCUT2D eigenvalue weighted by Crippen LogP contribution is 2.21. The van der Waals surface area contributed by atoms with E-state index in [-0.39, 0.29) is 4.90 Å². The van der Waals surface area contributed by atoms with Gasteiger partial charge in [-0.1, -0.05) is 42.5 Å². The Labute approximate surface area is 111 Å². The third kappa shape index (κ3) is 3.20. The van der Waals surface area contributed by atoms with Crippen LogP contribution in [0.5, 0.6) is 0 Å². The van der Waals surface area contributed by atoms with Gasteiger partial charge < -0.3 is 5.11 Å². The number of carboxylic acid groups (broad SMARTS) is 1. The van der Waals surface area contributed by atoms with Gasteiger partial charge in [-0.3, -0.25) is 4.79 Å². The van der Waals surface area contributed by atoms with Crippen molar-refractivity contribution in [1.29, 1.82) is 0 Å². The number of hydrogen-bond donors (Lipinski definition) is 1. The summed E-state index contributed by atoms with van der Waals surface area (Å²) < 4.78 is 23.4. The summed E-state index contributed by atoms with van der Waals surface area (Å²) >= 11 is 0. The van der Waals surface area contributed by atoms with Crippen LogP contribution in [0.2, 0.25) is 0 Å². The van der Waals surface area contributed by atoms with Gasteiger partial charge in [0.1, 0.15) is 0 Å². The average molecular weight is 276 g/mol. The van der Waals surface area contributed by atoms with Crippen LogP contribution in [0.25, 0.3) is 11.1 Å². The van der Waals surface area contributed by atoms with E-state index in [1.165, 1.54) is 12.1 Å². The van der Waals surface area contributed by atoms with Crippen LogP contribution >= 0.6 is 0 Å². The Balaban J connectivity index is 2.32. The molecule has 0 heterocycles. The lowest BCUT2D eigenvalue weighted by atomic mass is 10.1. The summed E-state index contributed by atoms with van der Waals surface area (Å²) in [4.78, 5) is 10.5. The monoisotopic (exact) mass is 276 g/mol. The van der Waals surface area contributed by atoms with Crippen molar-refractivity contribution in [2.75, 3.05) is 5.75 Å². The van der Waals surface area contributed by atoms with Crippen LogP contribution in [0.1, 0.15) is 0 Å². The summed E-state index contributed by atoms with van der Waals surface area (Å²) in [5.74, 6) is -2.25. The van der Waals surface area contributed by atoms with Crippen molar-refractivity contribution in [3.8, 4) is 11.1 Å². The fourth-order valence-electron chi connectivity index (χ4n) is 1.73. The zero-order chi connectivity index (χ0) is 13.9. The Morgan fingerprint density at radius 2 is 1.42 bits per heavy atom. The summed E-state index contributed by atoms with van der Waals surface area (Å²) in [6, 6.07) is 15.7. The second-order valence-electron chi connectivity index (χ2n) is 4.04. The van der Waals surface area contributed by atoms with Gasteiger partial charge in [0.15, 0.2) is 15.6 Å². The van der Waals surface area contributed by atoms with Gasteiger partial charge in [0.2, 0.25) is 0 Å². The van der Waals surface area contributed by atoms with Crippen LogP contribution < -0.4 is 0 Å². The number of carbonyl (C=O) groups is 1. The van der Waals surface area contributed by atoms with E-state index in [2.05, 4.69) is 0 Å². The van der Waals surface area contributed by atoms with E-state index < -0.39 is 21.6 Å². The number of sulfone groups is 1. The van der Waals surface area contributed by atoms with Crippen LogP contribution in [0.3, 0.4) is 0 Å². The zero-order valence-electron chi connectivity index (χ0n) is 9.98. The van der Waals surface area contributed by atoms with Gasteiger partial charge in [-0.15, -0.1) is 0 Å². The molecule has 0 aliphatic rings. The number of hydrogen-bond acceptors (Lipinski definition) is 3. The summed E-state index contributed by atoms with van der Waals surface area (Å²) in [5.41, 5.74) is 1.86. The maximum absolute atomic E-state index is 11.7. The van der Waals surface area contributed by atoms with Gasteiger partial charge in [0.25, 0.3) is 0 Å². The summed E-state index contributed by atoms with van der Waals surface area (Å²) in [6.07, 6.45) is 0. The zero-order valence-corrected chi connectivity index (χ0v) is 10.8. The summed E-state index contributed by atoms with van der Waals surface area (Å²) in [6.45, 7) is 0. The van der Waals surface area contributed by atoms with E-state index in [4.69, 9.17) is 5.11 Å². The summed E-state index contributed by atoms with van der Waals surface area (Å²) in [7, 11) is -3.76. The third-order valence-corrected chi connectivity index (χ3v) is 4.25. The van der Waals surface area contributed by atoms with Crippen molar-refractivity contribution in [3.05, 3.63) is 54.6 Å². The lowest BCUT2D eigenvalue weighted by Gasteiger charge is -2.04. The molecule has 98 valence electrons. The first-order chi connectivity index (χ1) is 8.99. The first-order valence-electron chi connectivity index (χ1n) is 5.59. The highest BCUT2D eigenvalue weighted by Gasteiger charge is 2.18. The van der Waals surface area contributed by atoms with E-state index in [1.54, 1.807) is 12.1 Å². The molecule has 0 saturated heterocycles. The molecule has 0 fully saturated rings. The molecule has 0 aliphatic heterocycles. The smallest absolute Gasteiger partial charge is 0.319 e. The van der Waals surface area contributed by atoms with E-state index in [0.29, 0.717) is 0 Å². The van der Waals surface area contributed by atoms with Crippen molar-refractivity contribution >= 4 is 15.8 Å². The Hall–Kier alpha value is -2.14. The van der Waals surface area contributed by atoms with Gasteiger partial charge in [-0.05, 0) is 23.3 Å². The Morgan fingerprint density at radius 3 is 1.95 bits per heavy atom. The predicted molar refractivity (Wildman–Crippen MR) is 71.6 cm³/mol. The van der Waals surface area contributed by atoms with E-state index >= 15 is 0 Å². The van der Waals surface area contributed by atoms with Gasteiger partial charge in [-0.2, -0.15) is 0 Å². The van der Waals surface area contributed by atoms with Crippen molar-refractivity contribution in [2.45, 2.75) is 4.90 Å². The minimum Gasteiger partial charge on any atom is -0.480 e. The second kappa shape index (κ2) is 5.24. The van der Waals surface area contributed by atoms with Crippen molar-refractivity contribution in [1.82, 2.24) is 0 Å². The molecule has 4 nitrogen and oxygen atoms in total. The first-order valence-corrected chi connectivity index (χ1v) is 7.24. The highest BCUT2D eigenvalue weighted by atomic mass is 32.2. The highest BCUT2D eigenvalue weighted by molar-refractivity contribution is 7.92. The lowest BCUT2D eigenvalue weighted by molar-refractivity contribution is -0.134. The van der Waals surface area contributed by atoms with E-state index in [1.807, 2.05) is 30.3 Å². The molecule has 2 aromatic rings. The molecule has 2 aromatic carbocycles. The van der Waals surface area contributed by atoms with Crippen LogP contribution in [0.4, 0.5) is 0 Å². The molecule has 0 spiro atoms. The fraction of sp³-hybridized carbons (Fsp3) is 0.0714. The van der Waals surface area contributed by atoms with Crippen LogP contribution in [0, 0.1) is 0 Å². The molecule has 0 atom stereocenters. The molecule has 0 amide bonds. The number of carboxylic acids is 1. The normalized spacial score (nSPS) is 11.2. The predicted octanol–water partition coefficient (Wildman–Crippen LogP) is 2.21. The molecule has 19 heavy (non-hydrogen) atoms. The molecule has 0 aliphatic carbocycles. The molecule has 0 radical (unpaired) electrons.